The SMILES string of the molecule is CNc1nc(OC(C)C)nc(-c2ccncc2C)n1. The number of nitrogens with one attached hydrogen (secondary N) is 1. The maximum absolute atomic E-state index is 5.54. The predicted molar refractivity (Wildman–Crippen MR) is 73.1 cm³/mol. The number of ether oxygens (including phenoxy) is 1. The molecule has 0 aliphatic rings. The maximum atomic E-state index is 5.54. The number of aryl methyl sites for hydroxylation is 1. The fraction of sp³-hybridized carbons (Fsp3) is 0.385. The molecule has 1 N–H and O–H groups in total. The Morgan fingerprint density at radius 2 is 2.00 bits per heavy atom. The molecule has 0 fully saturated rings. The average Bonchev–Trinajstić information content (AvgIpc) is 2.38. The van der Waals surface area contributed by atoms with E-state index in [1.165, 1.54) is 0 Å². The first-order valence-electron chi connectivity index (χ1n) is 6.11. The van der Waals surface area contributed by atoms with Gasteiger partial charge in [-0.05, 0) is 32.4 Å². The van der Waals surface area contributed by atoms with E-state index in [0.29, 0.717) is 17.8 Å². The number of hydrogen-bond donors (Lipinski definition) is 1. The van der Waals surface area contributed by atoms with E-state index in [4.69, 9.17) is 4.74 Å². The van der Waals surface area contributed by atoms with E-state index in [-0.39, 0.29) is 6.10 Å². The Morgan fingerprint density at radius 3 is 2.63 bits per heavy atom. The third-order valence-electron chi connectivity index (χ3n) is 2.44. The van der Waals surface area contributed by atoms with Gasteiger partial charge in [-0.3, -0.25) is 4.98 Å². The number of rotatable bonds is 4. The van der Waals surface area contributed by atoms with Gasteiger partial charge in [0.25, 0.3) is 0 Å². The molecule has 2 heterocycles. The molecule has 0 bridgehead atoms. The zero-order valence-electron chi connectivity index (χ0n) is 11.5. The summed E-state index contributed by atoms with van der Waals surface area (Å²) in [6.07, 6.45) is 3.51. The van der Waals surface area contributed by atoms with E-state index in [0.717, 1.165) is 11.1 Å². The first-order chi connectivity index (χ1) is 9.10. The van der Waals surface area contributed by atoms with Crippen molar-refractivity contribution in [3.05, 3.63) is 24.0 Å². The second-order valence-corrected chi connectivity index (χ2v) is 4.37. The number of hydrogen-bond acceptors (Lipinski definition) is 6. The van der Waals surface area contributed by atoms with Crippen LogP contribution in [0.1, 0.15) is 19.4 Å². The van der Waals surface area contributed by atoms with Crippen LogP contribution in [0.5, 0.6) is 6.01 Å². The lowest BCUT2D eigenvalue weighted by Gasteiger charge is -2.11. The summed E-state index contributed by atoms with van der Waals surface area (Å²) in [6, 6.07) is 2.20. The topological polar surface area (TPSA) is 72.8 Å². The van der Waals surface area contributed by atoms with E-state index in [1.54, 1.807) is 19.4 Å². The molecule has 0 aliphatic carbocycles. The minimum absolute atomic E-state index is 0.0125. The van der Waals surface area contributed by atoms with Gasteiger partial charge in [-0.1, -0.05) is 0 Å². The van der Waals surface area contributed by atoms with Crippen LogP contribution >= 0.6 is 0 Å². The average molecular weight is 259 g/mol. The van der Waals surface area contributed by atoms with Crippen LogP contribution in [0.15, 0.2) is 18.5 Å². The van der Waals surface area contributed by atoms with Crippen LogP contribution in [0, 0.1) is 6.92 Å². The van der Waals surface area contributed by atoms with Gasteiger partial charge in [-0.2, -0.15) is 15.0 Å². The standard InChI is InChI=1S/C13H17N5O/c1-8(2)19-13-17-11(16-12(14-4)18-13)10-5-6-15-7-9(10)3/h5-8H,1-4H3,(H,14,16,17,18). The van der Waals surface area contributed by atoms with E-state index < -0.39 is 0 Å². The Labute approximate surface area is 112 Å². The highest BCUT2D eigenvalue weighted by Crippen LogP contribution is 2.21. The van der Waals surface area contributed by atoms with E-state index >= 15 is 0 Å². The highest BCUT2D eigenvalue weighted by molar-refractivity contribution is 5.60. The molecule has 0 saturated carbocycles. The third-order valence-corrected chi connectivity index (χ3v) is 2.44. The summed E-state index contributed by atoms with van der Waals surface area (Å²) in [7, 11) is 1.76. The van der Waals surface area contributed by atoms with Gasteiger partial charge >= 0.3 is 6.01 Å². The van der Waals surface area contributed by atoms with Gasteiger partial charge < -0.3 is 10.1 Å². The zero-order valence-corrected chi connectivity index (χ0v) is 11.5. The van der Waals surface area contributed by atoms with Crippen LogP contribution in [-0.2, 0) is 0 Å². The summed E-state index contributed by atoms with van der Waals surface area (Å²) in [5, 5.41) is 2.91. The Morgan fingerprint density at radius 1 is 1.21 bits per heavy atom. The molecule has 6 nitrogen and oxygen atoms in total. The number of anilines is 1. The molecular weight excluding hydrogens is 242 g/mol. The fourth-order valence-electron chi connectivity index (χ4n) is 1.58. The van der Waals surface area contributed by atoms with Gasteiger partial charge in [0, 0.05) is 25.0 Å². The molecule has 19 heavy (non-hydrogen) atoms. The predicted octanol–water partition coefficient (Wildman–Crippen LogP) is 2.07. The molecule has 0 aliphatic heterocycles. The van der Waals surface area contributed by atoms with Crippen LogP contribution in [0.3, 0.4) is 0 Å². The van der Waals surface area contributed by atoms with Crippen LogP contribution in [0.25, 0.3) is 11.4 Å². The first-order valence-corrected chi connectivity index (χ1v) is 6.11. The summed E-state index contributed by atoms with van der Waals surface area (Å²) in [5.41, 5.74) is 1.92. The molecule has 0 amide bonds. The molecule has 2 aromatic heterocycles. The lowest BCUT2D eigenvalue weighted by molar-refractivity contribution is 0.222. The Balaban J connectivity index is 2.48. The molecule has 6 heteroatoms. The number of nitrogens with zero attached hydrogens (tertiary/aromatic N) is 4. The highest BCUT2D eigenvalue weighted by atomic mass is 16.5. The summed E-state index contributed by atoms with van der Waals surface area (Å²) in [6.45, 7) is 5.83. The summed E-state index contributed by atoms with van der Waals surface area (Å²) in [5.74, 6) is 1.06. The Hall–Kier alpha value is -2.24. The summed E-state index contributed by atoms with van der Waals surface area (Å²) >= 11 is 0. The van der Waals surface area contributed by atoms with Crippen molar-refractivity contribution in [2.75, 3.05) is 12.4 Å². The second kappa shape index (κ2) is 5.60. The van der Waals surface area contributed by atoms with Gasteiger partial charge in [0.2, 0.25) is 5.95 Å². The highest BCUT2D eigenvalue weighted by Gasteiger charge is 2.11. The minimum Gasteiger partial charge on any atom is -0.461 e. The zero-order chi connectivity index (χ0) is 13.8. The van der Waals surface area contributed by atoms with E-state index in [2.05, 4.69) is 25.3 Å². The van der Waals surface area contributed by atoms with Gasteiger partial charge in [0.05, 0.1) is 6.10 Å². The van der Waals surface area contributed by atoms with Gasteiger partial charge in [-0.15, -0.1) is 0 Å². The van der Waals surface area contributed by atoms with Gasteiger partial charge in [0.1, 0.15) is 0 Å². The summed E-state index contributed by atoms with van der Waals surface area (Å²) in [4.78, 5) is 16.9. The van der Waals surface area contributed by atoms with Crippen LogP contribution in [0.4, 0.5) is 5.95 Å². The normalized spacial score (nSPS) is 10.6. The number of pyridine rings is 1. The van der Waals surface area contributed by atoms with Gasteiger partial charge in [-0.25, -0.2) is 0 Å². The van der Waals surface area contributed by atoms with Gasteiger partial charge in [0.15, 0.2) is 5.82 Å². The molecule has 0 aromatic carbocycles. The third kappa shape index (κ3) is 3.15. The van der Waals surface area contributed by atoms with Crippen molar-refractivity contribution in [1.82, 2.24) is 19.9 Å². The molecule has 0 radical (unpaired) electrons. The van der Waals surface area contributed by atoms with E-state index in [1.807, 2.05) is 26.8 Å². The minimum atomic E-state index is 0.0125. The largest absolute Gasteiger partial charge is 0.461 e. The van der Waals surface area contributed by atoms with Crippen molar-refractivity contribution in [3.8, 4) is 17.4 Å². The molecule has 100 valence electrons. The smallest absolute Gasteiger partial charge is 0.322 e. The second-order valence-electron chi connectivity index (χ2n) is 4.37. The maximum Gasteiger partial charge on any atom is 0.322 e. The van der Waals surface area contributed by atoms with Crippen molar-refractivity contribution in [1.29, 1.82) is 0 Å². The lowest BCUT2D eigenvalue weighted by Crippen LogP contribution is -2.11. The Bertz CT molecular complexity index is 571. The molecule has 2 rings (SSSR count). The van der Waals surface area contributed by atoms with Crippen molar-refractivity contribution in [3.63, 3.8) is 0 Å². The van der Waals surface area contributed by atoms with Crippen LogP contribution in [-0.4, -0.2) is 33.1 Å². The Kier molecular flexibility index (Phi) is 3.89. The quantitative estimate of drug-likeness (QED) is 0.906. The van der Waals surface area contributed by atoms with Crippen molar-refractivity contribution in [2.45, 2.75) is 26.9 Å². The fourth-order valence-corrected chi connectivity index (χ4v) is 1.58. The van der Waals surface area contributed by atoms with Crippen molar-refractivity contribution >= 4 is 5.95 Å². The molecular formula is C13H17N5O. The van der Waals surface area contributed by atoms with Crippen LogP contribution < -0.4 is 10.1 Å². The summed E-state index contributed by atoms with van der Waals surface area (Å²) < 4.78 is 5.54. The van der Waals surface area contributed by atoms with E-state index in [9.17, 15) is 0 Å². The first kappa shape index (κ1) is 13.2. The molecule has 0 unspecified atom stereocenters. The molecule has 0 spiro atoms. The molecule has 0 atom stereocenters. The monoisotopic (exact) mass is 259 g/mol. The number of aromatic nitrogens is 4. The molecule has 0 saturated heterocycles. The van der Waals surface area contributed by atoms with Crippen molar-refractivity contribution < 1.29 is 4.74 Å². The lowest BCUT2D eigenvalue weighted by atomic mass is 10.1. The van der Waals surface area contributed by atoms with Crippen molar-refractivity contribution in [2.24, 2.45) is 0 Å². The van der Waals surface area contributed by atoms with Crippen LogP contribution in [0.2, 0.25) is 0 Å². The molecule has 2 aromatic rings.